The van der Waals surface area contributed by atoms with Crippen LogP contribution in [0.25, 0.3) is 0 Å². The largest absolute Gasteiger partial charge is 0.508 e. The molecule has 1 aromatic rings. The summed E-state index contributed by atoms with van der Waals surface area (Å²) in [6.07, 6.45) is 1.12. The molecule has 1 aliphatic rings. The van der Waals surface area contributed by atoms with E-state index in [0.29, 0.717) is 17.4 Å². The Labute approximate surface area is 124 Å². The molecule has 1 heterocycles. The van der Waals surface area contributed by atoms with Crippen molar-refractivity contribution >= 4 is 11.9 Å². The number of aromatic hydroxyl groups is 1. The zero-order valence-corrected chi connectivity index (χ0v) is 12.4. The highest BCUT2D eigenvalue weighted by atomic mass is 16.5. The maximum absolute atomic E-state index is 12.1. The third-order valence-corrected chi connectivity index (χ3v) is 3.65. The van der Waals surface area contributed by atoms with Crippen molar-refractivity contribution in [2.45, 2.75) is 20.3 Å². The summed E-state index contributed by atoms with van der Waals surface area (Å²) in [5.41, 5.74) is 0.320. The molecule has 2 unspecified atom stereocenters. The average molecular weight is 291 g/mol. The van der Waals surface area contributed by atoms with Gasteiger partial charge in [0.2, 0.25) is 0 Å². The molecule has 0 aliphatic carbocycles. The molecule has 0 saturated carbocycles. The van der Waals surface area contributed by atoms with E-state index in [4.69, 9.17) is 9.84 Å². The van der Waals surface area contributed by atoms with Crippen LogP contribution in [0.2, 0.25) is 0 Å². The van der Waals surface area contributed by atoms with Gasteiger partial charge in [-0.15, -0.1) is 0 Å². The van der Waals surface area contributed by atoms with E-state index in [1.807, 2.05) is 0 Å². The fraction of sp³-hybridized carbons (Fsp3) is 0.500. The molecule has 5 nitrogen and oxygen atoms in total. The van der Waals surface area contributed by atoms with Crippen LogP contribution in [0, 0.1) is 11.8 Å². The van der Waals surface area contributed by atoms with Gasteiger partial charge in [0.15, 0.2) is 6.61 Å². The zero-order chi connectivity index (χ0) is 15.4. The molecule has 0 aromatic heterocycles. The lowest BCUT2D eigenvalue weighted by Gasteiger charge is -2.34. The quantitative estimate of drug-likeness (QED) is 0.866. The topological polar surface area (TPSA) is 66.8 Å². The van der Waals surface area contributed by atoms with Gasteiger partial charge in [0, 0.05) is 13.1 Å². The van der Waals surface area contributed by atoms with E-state index < -0.39 is 5.97 Å². The summed E-state index contributed by atoms with van der Waals surface area (Å²) in [7, 11) is 0. The molecule has 1 amide bonds. The van der Waals surface area contributed by atoms with E-state index in [1.54, 1.807) is 4.90 Å². The summed E-state index contributed by atoms with van der Waals surface area (Å²) in [6, 6.07) is 5.75. The molecule has 21 heavy (non-hydrogen) atoms. The molecule has 1 N–H and O–H groups in total. The van der Waals surface area contributed by atoms with Gasteiger partial charge in [0.1, 0.15) is 5.75 Å². The van der Waals surface area contributed by atoms with Gasteiger partial charge in [-0.3, -0.25) is 4.79 Å². The number of carbonyl (C=O) groups is 2. The summed E-state index contributed by atoms with van der Waals surface area (Å²) >= 11 is 0. The standard InChI is InChI=1S/C16H21NO4/c1-11-7-12(2)9-17(8-11)15(19)10-21-16(20)13-3-5-14(18)6-4-13/h3-6,11-12,18H,7-10H2,1-2H3. The molecule has 0 spiro atoms. The SMILES string of the molecule is CC1CC(C)CN(C(=O)COC(=O)c2ccc(O)cc2)C1. The van der Waals surface area contributed by atoms with Crippen molar-refractivity contribution in [2.75, 3.05) is 19.7 Å². The van der Waals surface area contributed by atoms with Crippen molar-refractivity contribution in [2.24, 2.45) is 11.8 Å². The normalized spacial score (nSPS) is 21.9. The second-order valence-corrected chi connectivity index (χ2v) is 5.87. The number of phenols is 1. The van der Waals surface area contributed by atoms with Crippen molar-refractivity contribution in [3.8, 4) is 5.75 Å². The van der Waals surface area contributed by atoms with Gasteiger partial charge in [-0.2, -0.15) is 0 Å². The van der Waals surface area contributed by atoms with Gasteiger partial charge in [0.05, 0.1) is 5.56 Å². The van der Waals surface area contributed by atoms with Crippen molar-refractivity contribution in [3.05, 3.63) is 29.8 Å². The summed E-state index contributed by atoms with van der Waals surface area (Å²) < 4.78 is 5.04. The minimum Gasteiger partial charge on any atom is -0.508 e. The van der Waals surface area contributed by atoms with E-state index in [-0.39, 0.29) is 18.3 Å². The fourth-order valence-corrected chi connectivity index (χ4v) is 2.77. The number of phenolic OH excluding ortho intramolecular Hbond substituents is 1. The third kappa shape index (κ3) is 4.21. The van der Waals surface area contributed by atoms with E-state index >= 15 is 0 Å². The predicted molar refractivity (Wildman–Crippen MR) is 77.9 cm³/mol. The molecule has 1 fully saturated rings. The highest BCUT2D eigenvalue weighted by molar-refractivity contribution is 5.91. The Kier molecular flexibility index (Phi) is 4.83. The first kappa shape index (κ1) is 15.4. The first-order chi connectivity index (χ1) is 9.95. The second kappa shape index (κ2) is 6.61. The van der Waals surface area contributed by atoms with Crippen molar-refractivity contribution in [1.29, 1.82) is 0 Å². The van der Waals surface area contributed by atoms with Gasteiger partial charge in [0.25, 0.3) is 5.91 Å². The number of hydrogen-bond donors (Lipinski definition) is 1. The zero-order valence-electron chi connectivity index (χ0n) is 12.4. The van der Waals surface area contributed by atoms with Crippen LogP contribution in [0.5, 0.6) is 5.75 Å². The molecule has 2 rings (SSSR count). The number of esters is 1. The second-order valence-electron chi connectivity index (χ2n) is 5.87. The monoisotopic (exact) mass is 291 g/mol. The number of likely N-dealkylation sites (tertiary alicyclic amines) is 1. The lowest BCUT2D eigenvalue weighted by molar-refractivity contribution is -0.137. The van der Waals surface area contributed by atoms with Crippen LogP contribution in [0.1, 0.15) is 30.6 Å². The van der Waals surface area contributed by atoms with Crippen LogP contribution >= 0.6 is 0 Å². The molecule has 1 saturated heterocycles. The van der Waals surface area contributed by atoms with E-state index in [1.165, 1.54) is 24.3 Å². The summed E-state index contributed by atoms with van der Waals surface area (Å²) in [4.78, 5) is 25.7. The first-order valence-corrected chi connectivity index (χ1v) is 7.19. The lowest BCUT2D eigenvalue weighted by Crippen LogP contribution is -2.44. The number of hydrogen-bond acceptors (Lipinski definition) is 4. The number of piperidine rings is 1. The third-order valence-electron chi connectivity index (χ3n) is 3.65. The Balaban J connectivity index is 1.86. The van der Waals surface area contributed by atoms with Gasteiger partial charge in [-0.25, -0.2) is 4.79 Å². The highest BCUT2D eigenvalue weighted by Crippen LogP contribution is 2.21. The number of carbonyl (C=O) groups excluding carboxylic acids is 2. The number of ether oxygens (including phenoxy) is 1. The van der Waals surface area contributed by atoms with Crippen LogP contribution < -0.4 is 0 Å². The van der Waals surface area contributed by atoms with E-state index in [9.17, 15) is 9.59 Å². The molecule has 114 valence electrons. The van der Waals surface area contributed by atoms with Crippen LogP contribution in [0.4, 0.5) is 0 Å². The Hall–Kier alpha value is -2.04. The van der Waals surface area contributed by atoms with Crippen molar-refractivity contribution in [1.82, 2.24) is 4.90 Å². The summed E-state index contributed by atoms with van der Waals surface area (Å²) in [5, 5.41) is 9.16. The summed E-state index contributed by atoms with van der Waals surface area (Å²) in [6.45, 7) is 5.45. The summed E-state index contributed by atoms with van der Waals surface area (Å²) in [5.74, 6) is 0.330. The maximum atomic E-state index is 12.1. The lowest BCUT2D eigenvalue weighted by atomic mass is 9.92. The molecule has 0 radical (unpaired) electrons. The van der Waals surface area contributed by atoms with Crippen molar-refractivity contribution in [3.63, 3.8) is 0 Å². The van der Waals surface area contributed by atoms with Gasteiger partial charge < -0.3 is 14.7 Å². The first-order valence-electron chi connectivity index (χ1n) is 7.19. The Morgan fingerprint density at radius 1 is 1.19 bits per heavy atom. The van der Waals surface area contributed by atoms with E-state index in [0.717, 1.165) is 19.5 Å². The van der Waals surface area contributed by atoms with Crippen LogP contribution in [0.15, 0.2) is 24.3 Å². The molecule has 5 heteroatoms. The van der Waals surface area contributed by atoms with Crippen LogP contribution in [-0.4, -0.2) is 41.6 Å². The predicted octanol–water partition coefficient (Wildman–Crippen LogP) is 2.05. The molecule has 0 bridgehead atoms. The number of benzene rings is 1. The number of rotatable bonds is 3. The van der Waals surface area contributed by atoms with Crippen molar-refractivity contribution < 1.29 is 19.4 Å². The van der Waals surface area contributed by atoms with Crippen LogP contribution in [0.3, 0.4) is 0 Å². The number of amides is 1. The van der Waals surface area contributed by atoms with E-state index in [2.05, 4.69) is 13.8 Å². The number of nitrogens with zero attached hydrogens (tertiary/aromatic N) is 1. The van der Waals surface area contributed by atoms with Crippen LogP contribution in [-0.2, 0) is 9.53 Å². The minimum atomic E-state index is -0.554. The molecular formula is C16H21NO4. The molecule has 1 aliphatic heterocycles. The van der Waals surface area contributed by atoms with Gasteiger partial charge in [-0.1, -0.05) is 13.8 Å². The van der Waals surface area contributed by atoms with Gasteiger partial charge >= 0.3 is 5.97 Å². The Morgan fingerprint density at radius 2 is 1.76 bits per heavy atom. The Bertz CT molecular complexity index is 502. The minimum absolute atomic E-state index is 0.0823. The maximum Gasteiger partial charge on any atom is 0.338 e. The molecular weight excluding hydrogens is 270 g/mol. The molecule has 1 aromatic carbocycles. The molecule has 2 atom stereocenters. The van der Waals surface area contributed by atoms with Gasteiger partial charge in [-0.05, 0) is 42.5 Å². The Morgan fingerprint density at radius 3 is 2.33 bits per heavy atom. The highest BCUT2D eigenvalue weighted by Gasteiger charge is 2.26. The fourth-order valence-electron chi connectivity index (χ4n) is 2.77. The average Bonchev–Trinajstić information content (AvgIpc) is 2.44. The smallest absolute Gasteiger partial charge is 0.338 e.